The normalized spacial score (nSPS) is 23.7. The summed E-state index contributed by atoms with van der Waals surface area (Å²) in [6.07, 6.45) is 6.06. The summed E-state index contributed by atoms with van der Waals surface area (Å²) in [4.78, 5) is 93.8. The Hall–Kier alpha value is -6.67. The fourth-order valence-corrected chi connectivity index (χ4v) is 14.7. The van der Waals surface area contributed by atoms with E-state index in [4.69, 9.17) is 4.74 Å². The Kier molecular flexibility index (Phi) is 19.1. The van der Waals surface area contributed by atoms with Gasteiger partial charge in [0, 0.05) is 95.1 Å². The number of amides is 5. The van der Waals surface area contributed by atoms with Gasteiger partial charge in [0.2, 0.25) is 23.6 Å². The van der Waals surface area contributed by atoms with Crippen LogP contribution in [0.15, 0.2) is 48.2 Å². The molecule has 7 fully saturated rings. The summed E-state index contributed by atoms with van der Waals surface area (Å²) in [7, 11) is 0. The monoisotopic (exact) mass is 1270 g/mol. The predicted molar refractivity (Wildman–Crippen MR) is 337 cm³/mol. The third-order valence-corrected chi connectivity index (χ3v) is 20.7. The van der Waals surface area contributed by atoms with E-state index < -0.39 is 64.2 Å². The molecule has 2 spiro atoms. The zero-order chi connectivity index (χ0) is 63.8. The number of hydrogen-bond donors (Lipinski definition) is 6. The van der Waals surface area contributed by atoms with Crippen LogP contribution >= 0.6 is 11.3 Å². The number of carbonyl (C=O) groups is 5. The average molecular weight is 1270 g/mol. The van der Waals surface area contributed by atoms with Crippen molar-refractivity contribution in [3.63, 3.8) is 0 Å². The number of ether oxygens (including phenoxy) is 1. The highest BCUT2D eigenvalue weighted by molar-refractivity contribution is 7.13. The molecule has 0 unspecified atom stereocenters. The molecular formula is C65H89F3N14O7S. The van der Waals surface area contributed by atoms with Crippen molar-refractivity contribution in [3.05, 3.63) is 76.7 Å². The number of benzene rings is 2. The van der Waals surface area contributed by atoms with Crippen molar-refractivity contribution in [2.45, 2.75) is 142 Å². The van der Waals surface area contributed by atoms with Crippen LogP contribution < -0.4 is 41.1 Å². The first kappa shape index (κ1) is 64.8. The molecule has 21 nitrogen and oxygen atoms in total. The highest BCUT2D eigenvalue weighted by Crippen LogP contribution is 2.42. The lowest BCUT2D eigenvalue weighted by Crippen LogP contribution is -2.66. The van der Waals surface area contributed by atoms with Gasteiger partial charge in [-0.15, -0.1) is 11.3 Å². The molecule has 8 heterocycles. The number of piperidine rings is 2. The molecule has 90 heavy (non-hydrogen) atoms. The molecule has 1 saturated carbocycles. The number of aliphatic hydroxyl groups excluding tert-OH is 1. The van der Waals surface area contributed by atoms with Crippen molar-refractivity contribution in [2.75, 3.05) is 120 Å². The van der Waals surface area contributed by atoms with Crippen LogP contribution in [0.4, 0.5) is 30.5 Å². The van der Waals surface area contributed by atoms with Crippen molar-refractivity contribution >= 4 is 58.2 Å². The number of β-amino-alcohol motifs (C(OH)–C–C–N with tert-alkyl or cyclic N) is 1. The number of aryl methyl sites for hydroxylation is 1. The minimum Gasteiger partial charge on any atom is -0.491 e. The van der Waals surface area contributed by atoms with Crippen molar-refractivity contribution in [3.8, 4) is 16.2 Å². The topological polar surface area (TPSA) is 233 Å². The Balaban J connectivity index is 0.610. The van der Waals surface area contributed by atoms with Crippen LogP contribution in [-0.2, 0) is 37.1 Å². The first-order valence-corrected chi connectivity index (χ1v) is 32.9. The Morgan fingerprint density at radius 2 is 1.57 bits per heavy atom. The van der Waals surface area contributed by atoms with Crippen LogP contribution in [0.5, 0.6) is 5.75 Å². The second kappa shape index (κ2) is 26.5. The van der Waals surface area contributed by atoms with Crippen LogP contribution in [-0.4, -0.2) is 203 Å². The summed E-state index contributed by atoms with van der Waals surface area (Å²) < 4.78 is 52.5. The van der Waals surface area contributed by atoms with E-state index in [-0.39, 0.29) is 86.9 Å². The fraction of sp³-hybridized carbons (Fsp3) is 0.631. The molecule has 488 valence electrons. The molecule has 4 aromatic rings. The Morgan fingerprint density at radius 1 is 0.833 bits per heavy atom. The molecule has 1 aliphatic carbocycles. The van der Waals surface area contributed by atoms with Gasteiger partial charge in [-0.2, -0.15) is 0 Å². The second-order valence-electron chi connectivity index (χ2n) is 28.3. The number of rotatable bonds is 21. The quantitative estimate of drug-likeness (QED) is 0.0574. The number of nitrogens with one attached hydrogen (secondary N) is 5. The van der Waals surface area contributed by atoms with E-state index in [0.717, 1.165) is 99.3 Å². The summed E-state index contributed by atoms with van der Waals surface area (Å²) in [5.74, 6) is -1.17. The standard InChI is InChI=1S/C65H89F3N14O7S/c1-42-56(90-41-74-42)43-7-8-44(32-71-58(86)50-29-46(83)34-82(50)59(87)57(61(2,3)4)75-60(88)65(68)9-10-65)51(28-43)89-26-18-70-54(84)35-79-22-14-63(38-79)13-21-78(37-63)25-17-69-52-31-53(73-40-72-52)80-23-15-64(16-24-80)39-81(36-55(85)76-64)49-30-47(66)45(27-48(49)67)33-77-19-11-62(5,6)12-20-77/h7-8,27-28,30-31,40-41,46,50,57,83H,9-26,29,32-39H2,1-6H3,(H,70,84)(H,71,86)(H,75,88)(H,76,85)(H,69,72,73)/t46-,50+,57-,63-/m1/s1. The van der Waals surface area contributed by atoms with Gasteiger partial charge in [-0.1, -0.05) is 46.8 Å². The Morgan fingerprint density at radius 3 is 2.29 bits per heavy atom. The van der Waals surface area contributed by atoms with Gasteiger partial charge < -0.3 is 56.0 Å². The number of hydrogen-bond acceptors (Lipinski definition) is 17. The molecular weight excluding hydrogens is 1180 g/mol. The summed E-state index contributed by atoms with van der Waals surface area (Å²) in [5, 5.41) is 26.0. The van der Waals surface area contributed by atoms with Crippen LogP contribution in [0.3, 0.4) is 0 Å². The summed E-state index contributed by atoms with van der Waals surface area (Å²) in [6.45, 7) is 20.9. The number of anilines is 3. The summed E-state index contributed by atoms with van der Waals surface area (Å²) in [6, 6.07) is 8.06. The molecule has 6 N–H and O–H groups in total. The smallest absolute Gasteiger partial charge is 0.258 e. The Bertz CT molecular complexity index is 3290. The van der Waals surface area contributed by atoms with Crippen LogP contribution in [0.2, 0.25) is 0 Å². The van der Waals surface area contributed by atoms with Crippen LogP contribution in [0.1, 0.15) is 109 Å². The maximum absolute atomic E-state index is 15.8. The first-order valence-electron chi connectivity index (χ1n) is 32.0. The number of aliphatic hydroxyl groups is 1. The van der Waals surface area contributed by atoms with Gasteiger partial charge in [0.15, 0.2) is 5.67 Å². The lowest BCUT2D eigenvalue weighted by molar-refractivity contribution is -0.145. The predicted octanol–water partition coefficient (Wildman–Crippen LogP) is 5.40. The van der Waals surface area contributed by atoms with E-state index in [2.05, 4.69) is 75.0 Å². The number of halogens is 3. The van der Waals surface area contributed by atoms with Crippen LogP contribution in [0, 0.1) is 34.8 Å². The van der Waals surface area contributed by atoms with E-state index in [1.807, 2.05) is 31.2 Å². The number of aromatic nitrogens is 3. The third-order valence-electron chi connectivity index (χ3n) is 19.7. The maximum Gasteiger partial charge on any atom is 0.258 e. The molecule has 11 rings (SSSR count). The minimum atomic E-state index is -1.99. The third kappa shape index (κ3) is 15.3. The lowest BCUT2D eigenvalue weighted by Gasteiger charge is -2.48. The number of piperazine rings is 1. The van der Waals surface area contributed by atoms with Crippen LogP contribution in [0.25, 0.3) is 10.4 Å². The number of thiazole rings is 1. The zero-order valence-electron chi connectivity index (χ0n) is 52.9. The summed E-state index contributed by atoms with van der Waals surface area (Å²) in [5.41, 5.74) is 1.59. The zero-order valence-corrected chi connectivity index (χ0v) is 53.7. The van der Waals surface area contributed by atoms with E-state index in [1.54, 1.807) is 37.5 Å². The molecule has 0 bridgehead atoms. The molecule has 5 amide bonds. The number of nitrogens with zero attached hydrogens (tertiary/aromatic N) is 9. The largest absolute Gasteiger partial charge is 0.491 e. The van der Waals surface area contributed by atoms with Crippen molar-refractivity contribution in [2.24, 2.45) is 16.2 Å². The fourth-order valence-electron chi connectivity index (χ4n) is 13.9. The maximum atomic E-state index is 15.8. The molecule has 7 aliphatic rings. The molecule has 6 aliphatic heterocycles. The Labute approximate surface area is 529 Å². The number of carbonyl (C=O) groups excluding carboxylic acids is 5. The van der Waals surface area contributed by atoms with E-state index in [9.17, 15) is 33.5 Å². The van der Waals surface area contributed by atoms with Gasteiger partial charge in [0.05, 0.1) is 53.0 Å². The second-order valence-corrected chi connectivity index (χ2v) is 29.2. The van der Waals surface area contributed by atoms with Gasteiger partial charge in [-0.05, 0) is 118 Å². The minimum absolute atomic E-state index is 0.00538. The first-order chi connectivity index (χ1) is 42.8. The number of likely N-dealkylation sites (tertiary alicyclic amines) is 4. The van der Waals surface area contributed by atoms with Gasteiger partial charge in [0.25, 0.3) is 5.91 Å². The summed E-state index contributed by atoms with van der Waals surface area (Å²) >= 11 is 1.49. The molecule has 4 atom stereocenters. The molecule has 0 radical (unpaired) electrons. The van der Waals surface area contributed by atoms with Gasteiger partial charge in [-0.3, -0.25) is 33.8 Å². The lowest BCUT2D eigenvalue weighted by atomic mass is 9.82. The average Bonchev–Trinajstić information content (AvgIpc) is 1.44. The van der Waals surface area contributed by atoms with Crippen molar-refractivity contribution in [1.82, 2.24) is 55.8 Å². The highest BCUT2D eigenvalue weighted by Gasteiger charge is 2.54. The van der Waals surface area contributed by atoms with Crippen molar-refractivity contribution in [1.29, 1.82) is 0 Å². The van der Waals surface area contributed by atoms with E-state index in [0.29, 0.717) is 62.4 Å². The van der Waals surface area contributed by atoms with Gasteiger partial charge in [0.1, 0.15) is 54.0 Å². The van der Waals surface area contributed by atoms with E-state index in [1.165, 1.54) is 28.4 Å². The van der Waals surface area contributed by atoms with Crippen molar-refractivity contribution < 1.29 is 47.0 Å². The molecule has 25 heteroatoms. The molecule has 2 aromatic carbocycles. The van der Waals surface area contributed by atoms with Gasteiger partial charge >= 0.3 is 0 Å². The molecule has 6 saturated heterocycles. The SMILES string of the molecule is Cc1ncsc1-c1ccc(CNC(=O)[C@@H]2C[C@@H](O)CN2C(=O)[C@@H](NC(=O)C2(F)CC2)C(C)(C)C)c(OCCNC(=O)CN2CC[C@@]3(CCN(CCNc4cc(N5CCC6(CC5)CN(c5cc(F)c(CN7CCC(C)(C)CC7)cc5F)CC(=O)N6)ncn4)C3)C2)c1. The van der Waals surface area contributed by atoms with E-state index >= 15 is 8.78 Å². The number of alkyl halides is 1. The van der Waals surface area contributed by atoms with Gasteiger partial charge in [-0.25, -0.2) is 28.1 Å². The highest BCUT2D eigenvalue weighted by atomic mass is 32.1. The molecule has 2 aromatic heterocycles.